The maximum Gasteiger partial charge on any atom is 0.231 e. The lowest BCUT2D eigenvalue weighted by atomic mass is 9.85. The Morgan fingerprint density at radius 2 is 1.19 bits per heavy atom. The van der Waals surface area contributed by atoms with Crippen molar-refractivity contribution in [3.8, 4) is 0 Å². The molecule has 5 heteroatoms. The summed E-state index contributed by atoms with van der Waals surface area (Å²) in [6.07, 6.45) is 15.3. The normalized spacial score (nSPS) is 21.2. The number of carbonyl (C=O) groups excluding carboxylic acids is 1. The summed E-state index contributed by atoms with van der Waals surface area (Å²) in [6, 6.07) is 31.7. The minimum absolute atomic E-state index is 0.129. The van der Waals surface area contributed by atoms with E-state index in [9.17, 15) is 9.90 Å². The molecule has 2 atom stereocenters. The molecule has 1 amide bonds. The second-order valence-electron chi connectivity index (χ2n) is 11.8. The van der Waals surface area contributed by atoms with Crippen LogP contribution in [-0.2, 0) is 4.79 Å². The second kappa shape index (κ2) is 15.3. The van der Waals surface area contributed by atoms with Gasteiger partial charge in [-0.15, -0.1) is 10.5 Å². The molecule has 0 aromatic heterocycles. The molecule has 0 N–H and O–H groups in total. The van der Waals surface area contributed by atoms with Crippen LogP contribution in [0.1, 0.15) is 70.6 Å². The van der Waals surface area contributed by atoms with Crippen LogP contribution in [0.3, 0.4) is 0 Å². The maximum absolute atomic E-state index is 14.3. The predicted octanol–water partition coefficient (Wildman–Crippen LogP) is 6.59. The molecule has 0 saturated carbocycles. The average Bonchev–Trinajstić information content (AvgIpc) is 3.58. The Kier molecular flexibility index (Phi) is 11.0. The zero-order chi connectivity index (χ0) is 29.0. The summed E-state index contributed by atoms with van der Waals surface area (Å²) in [5.74, 6) is -0.281. The molecular weight excluding hydrogens is 535 g/mol. The Bertz CT molecular complexity index is 1210. The Morgan fingerprint density at radius 3 is 1.71 bits per heavy atom. The SMILES string of the molecule is O=C(C(/C=N/[P+](c1ccccc1)(c1ccccc1)c1ccccc1)C1/C=C(\[O-])CCCCCCCCC1)N1CCCC1. The quantitative estimate of drug-likeness (QED) is 0.234. The summed E-state index contributed by atoms with van der Waals surface area (Å²) in [4.78, 5) is 16.3. The van der Waals surface area contributed by atoms with Crippen LogP contribution in [0.5, 0.6) is 0 Å². The van der Waals surface area contributed by atoms with Gasteiger partial charge in [0, 0.05) is 13.1 Å². The van der Waals surface area contributed by atoms with Gasteiger partial charge in [-0.2, -0.15) is 0 Å². The Balaban J connectivity index is 1.64. The summed E-state index contributed by atoms with van der Waals surface area (Å²) < 4.78 is 5.60. The summed E-state index contributed by atoms with van der Waals surface area (Å²) >= 11 is 0. The maximum atomic E-state index is 14.3. The van der Waals surface area contributed by atoms with E-state index in [4.69, 9.17) is 4.76 Å². The van der Waals surface area contributed by atoms with Gasteiger partial charge in [-0.3, -0.25) is 4.79 Å². The van der Waals surface area contributed by atoms with E-state index in [2.05, 4.69) is 72.8 Å². The van der Waals surface area contributed by atoms with Crippen molar-refractivity contribution < 1.29 is 9.90 Å². The highest BCUT2D eigenvalue weighted by atomic mass is 31.2. The molecule has 1 fully saturated rings. The molecule has 4 nitrogen and oxygen atoms in total. The molecule has 2 aliphatic rings. The number of carbonyl (C=O) groups is 1. The van der Waals surface area contributed by atoms with Crippen molar-refractivity contribution in [2.75, 3.05) is 13.1 Å². The standard InChI is InChI=1S/C37H45N2O2P/c40-32-20-10-5-3-1-2-4-9-19-31(29-32)36(37(41)39-27-17-18-28-39)30-38-42(33-21-11-6-12-22-33,34-23-13-7-14-24-34)35-25-15-8-16-26-35/h6-8,11-16,21-26,29-31,36H,1-5,9-10,17-20,27-28H2/b32-29-,38-30+. The van der Waals surface area contributed by atoms with E-state index in [1.807, 2.05) is 35.4 Å². The van der Waals surface area contributed by atoms with Crippen molar-refractivity contribution in [1.29, 1.82) is 0 Å². The highest BCUT2D eigenvalue weighted by Gasteiger charge is 2.46. The Labute approximate surface area is 253 Å². The first-order valence-corrected chi connectivity index (χ1v) is 17.7. The van der Waals surface area contributed by atoms with E-state index in [-0.39, 0.29) is 17.6 Å². The largest absolute Gasteiger partial charge is 0.876 e. The van der Waals surface area contributed by atoms with E-state index in [0.29, 0.717) is 6.42 Å². The van der Waals surface area contributed by atoms with Crippen molar-refractivity contribution in [1.82, 2.24) is 4.90 Å². The molecule has 3 aromatic rings. The molecule has 3 aromatic carbocycles. The third-order valence-corrected chi connectivity index (χ3v) is 12.4. The molecule has 1 heterocycles. The van der Waals surface area contributed by atoms with E-state index < -0.39 is 13.3 Å². The molecule has 0 spiro atoms. The first-order chi connectivity index (χ1) is 20.7. The zero-order valence-electron chi connectivity index (χ0n) is 24.8. The van der Waals surface area contributed by atoms with Crippen molar-refractivity contribution in [3.63, 3.8) is 0 Å². The molecule has 1 aliphatic heterocycles. The Hall–Kier alpha value is -3.23. The van der Waals surface area contributed by atoms with Gasteiger partial charge in [0.25, 0.3) is 0 Å². The number of amides is 1. The van der Waals surface area contributed by atoms with E-state index in [1.54, 1.807) is 0 Å². The number of allylic oxidation sites excluding steroid dienone is 2. The van der Waals surface area contributed by atoms with Gasteiger partial charge in [-0.25, -0.2) is 0 Å². The summed E-state index contributed by atoms with van der Waals surface area (Å²) in [7, 11) is -2.49. The van der Waals surface area contributed by atoms with Gasteiger partial charge >= 0.3 is 0 Å². The number of benzene rings is 3. The van der Waals surface area contributed by atoms with E-state index in [0.717, 1.165) is 73.9 Å². The minimum Gasteiger partial charge on any atom is -0.876 e. The molecule has 0 bridgehead atoms. The van der Waals surface area contributed by atoms with Crippen molar-refractivity contribution in [2.24, 2.45) is 16.6 Å². The average molecular weight is 581 g/mol. The van der Waals surface area contributed by atoms with Crippen LogP contribution in [0.2, 0.25) is 0 Å². The van der Waals surface area contributed by atoms with Crippen LogP contribution >= 0.6 is 7.41 Å². The van der Waals surface area contributed by atoms with Gasteiger partial charge in [0.15, 0.2) is 0 Å². The van der Waals surface area contributed by atoms with Crippen LogP contribution in [0.25, 0.3) is 0 Å². The van der Waals surface area contributed by atoms with Crippen molar-refractivity contribution >= 4 is 35.4 Å². The first-order valence-electron chi connectivity index (χ1n) is 16.0. The minimum atomic E-state index is -2.49. The molecule has 1 saturated heterocycles. The zero-order valence-corrected chi connectivity index (χ0v) is 25.7. The fraction of sp³-hybridized carbons (Fsp3) is 0.405. The fourth-order valence-electron chi connectivity index (χ4n) is 6.51. The molecule has 42 heavy (non-hydrogen) atoms. The van der Waals surface area contributed by atoms with Crippen LogP contribution in [0, 0.1) is 11.8 Å². The Morgan fingerprint density at radius 1 is 0.714 bits per heavy atom. The van der Waals surface area contributed by atoms with E-state index in [1.165, 1.54) is 19.3 Å². The highest BCUT2D eigenvalue weighted by Crippen LogP contribution is 2.57. The lowest BCUT2D eigenvalue weighted by Gasteiger charge is -2.29. The molecule has 5 rings (SSSR count). The summed E-state index contributed by atoms with van der Waals surface area (Å²) in [5, 5.41) is 16.7. The first kappa shape index (κ1) is 30.2. The third kappa shape index (κ3) is 7.39. The van der Waals surface area contributed by atoms with Crippen LogP contribution in [0.15, 0.2) is 108 Å². The lowest BCUT2D eigenvalue weighted by molar-refractivity contribution is -0.307. The lowest BCUT2D eigenvalue weighted by Crippen LogP contribution is -2.39. The molecule has 1 aliphatic carbocycles. The van der Waals surface area contributed by atoms with E-state index >= 15 is 0 Å². The van der Waals surface area contributed by atoms with Crippen LogP contribution in [0.4, 0.5) is 0 Å². The monoisotopic (exact) mass is 580 g/mol. The number of rotatable bonds is 7. The smallest absolute Gasteiger partial charge is 0.231 e. The number of hydrogen-bond acceptors (Lipinski definition) is 3. The predicted molar refractivity (Wildman–Crippen MR) is 176 cm³/mol. The molecular formula is C37H45N2O2P. The highest BCUT2D eigenvalue weighted by molar-refractivity contribution is 7.94. The summed E-state index contributed by atoms with van der Waals surface area (Å²) in [5.41, 5.74) is 0. The molecule has 2 unspecified atom stereocenters. The second-order valence-corrected chi connectivity index (χ2v) is 14.8. The molecule has 0 radical (unpaired) electrons. The van der Waals surface area contributed by atoms with Gasteiger partial charge in [0.05, 0.1) is 12.1 Å². The molecule has 220 valence electrons. The fourth-order valence-corrected chi connectivity index (χ4v) is 9.96. The van der Waals surface area contributed by atoms with Gasteiger partial charge in [-0.05, 0) is 68.0 Å². The third-order valence-electron chi connectivity index (χ3n) is 8.81. The number of nitrogens with zero attached hydrogens (tertiary/aromatic N) is 2. The van der Waals surface area contributed by atoms with Gasteiger partial charge < -0.3 is 10.0 Å². The number of hydrogen-bond donors (Lipinski definition) is 0. The van der Waals surface area contributed by atoms with Gasteiger partial charge in [0.1, 0.15) is 15.9 Å². The van der Waals surface area contributed by atoms with Crippen molar-refractivity contribution in [3.05, 3.63) is 103 Å². The summed E-state index contributed by atoms with van der Waals surface area (Å²) in [6.45, 7) is 1.58. The van der Waals surface area contributed by atoms with Crippen LogP contribution < -0.4 is 21.0 Å². The van der Waals surface area contributed by atoms with Gasteiger partial charge in [0.2, 0.25) is 13.3 Å². The van der Waals surface area contributed by atoms with Crippen molar-refractivity contribution in [2.45, 2.75) is 70.6 Å². The number of likely N-dealkylation sites (tertiary alicyclic amines) is 1. The van der Waals surface area contributed by atoms with Crippen LogP contribution in [-0.4, -0.2) is 30.1 Å². The van der Waals surface area contributed by atoms with Gasteiger partial charge in [-0.1, -0.05) is 106 Å². The topological polar surface area (TPSA) is 55.7 Å².